The number of hydrogen-bond acceptors (Lipinski definition) is 7. The summed E-state index contributed by atoms with van der Waals surface area (Å²) in [5.74, 6) is -0.318. The van der Waals surface area contributed by atoms with Gasteiger partial charge in [0.1, 0.15) is 19.3 Å². The van der Waals surface area contributed by atoms with E-state index in [1.165, 1.54) is 0 Å². The number of unbranched alkanes of at least 4 members (excludes halogenated alkanes) is 3. The number of hydrogen-bond donors (Lipinski definition) is 3. The first kappa shape index (κ1) is 31.0. The highest BCUT2D eigenvalue weighted by molar-refractivity contribution is 5.85. The fourth-order valence-electron chi connectivity index (χ4n) is 9.88. The number of carbonyl (C=O) groups excluding carboxylic acids is 3. The fourth-order valence-corrected chi connectivity index (χ4v) is 9.88. The highest BCUT2D eigenvalue weighted by Crippen LogP contribution is 2.70. The van der Waals surface area contributed by atoms with Gasteiger partial charge in [0.15, 0.2) is 0 Å². The van der Waals surface area contributed by atoms with Crippen LogP contribution in [0.2, 0.25) is 0 Å². The zero-order valence-electron chi connectivity index (χ0n) is 25.3. The first-order chi connectivity index (χ1) is 20.0. The molecule has 1 heterocycles. The summed E-state index contributed by atoms with van der Waals surface area (Å²) in [5, 5.41) is 23.7. The summed E-state index contributed by atoms with van der Waals surface area (Å²) in [5.41, 5.74) is 0.185. The lowest BCUT2D eigenvalue weighted by Crippen LogP contribution is -2.62. The predicted octanol–water partition coefficient (Wildman–Crippen LogP) is 4.70. The van der Waals surface area contributed by atoms with Crippen LogP contribution in [0, 0.1) is 34.5 Å². The molecule has 4 aliphatic carbocycles. The molecule has 0 spiro atoms. The van der Waals surface area contributed by atoms with Crippen LogP contribution in [0.1, 0.15) is 110 Å². The number of esters is 2. The van der Waals surface area contributed by atoms with Gasteiger partial charge in [-0.3, -0.25) is 14.4 Å². The number of carbonyl (C=O) groups is 4. The predicted molar refractivity (Wildman–Crippen MR) is 154 cm³/mol. The van der Waals surface area contributed by atoms with E-state index >= 15 is 0 Å². The number of nitrogens with one attached hydrogen (secondary N) is 1. The molecule has 0 aromatic rings. The van der Waals surface area contributed by atoms with Crippen LogP contribution in [-0.4, -0.2) is 58.9 Å². The van der Waals surface area contributed by atoms with Gasteiger partial charge in [-0.25, -0.2) is 4.79 Å². The van der Waals surface area contributed by atoms with Crippen LogP contribution < -0.4 is 5.32 Å². The van der Waals surface area contributed by atoms with Crippen molar-refractivity contribution in [1.29, 1.82) is 0 Å². The van der Waals surface area contributed by atoms with Crippen molar-refractivity contribution in [1.82, 2.24) is 5.32 Å². The lowest BCUT2D eigenvalue weighted by molar-refractivity contribution is -0.210. The molecule has 234 valence electrons. The van der Waals surface area contributed by atoms with Crippen LogP contribution in [0.3, 0.4) is 0 Å². The average Bonchev–Trinajstić information content (AvgIpc) is 3.49. The number of fused-ring (bicyclic) bond motifs is 5. The smallest absolute Gasteiger partial charge is 0.331 e. The van der Waals surface area contributed by atoms with Crippen LogP contribution in [0.4, 0.5) is 0 Å². The van der Waals surface area contributed by atoms with E-state index < -0.39 is 17.5 Å². The molecule has 0 bridgehead atoms. The third-order valence-corrected chi connectivity index (χ3v) is 12.2. The highest BCUT2D eigenvalue weighted by atomic mass is 16.5. The number of carboxylic acids is 1. The summed E-state index contributed by atoms with van der Waals surface area (Å²) < 4.78 is 11.1. The van der Waals surface area contributed by atoms with E-state index in [1.54, 1.807) is 6.08 Å². The number of amides is 1. The van der Waals surface area contributed by atoms with Gasteiger partial charge in [0.2, 0.25) is 5.91 Å². The van der Waals surface area contributed by atoms with Crippen molar-refractivity contribution in [2.45, 2.75) is 122 Å². The first-order valence-electron chi connectivity index (χ1n) is 16.2. The number of carboxylic acid groups (broad SMARTS) is 1. The Labute approximate surface area is 249 Å². The number of aliphatic carboxylic acids is 1. The minimum absolute atomic E-state index is 0.103. The Morgan fingerprint density at radius 2 is 1.74 bits per heavy atom. The molecule has 0 saturated heterocycles. The molecule has 9 heteroatoms. The van der Waals surface area contributed by atoms with Gasteiger partial charge >= 0.3 is 17.9 Å². The molecule has 8 atom stereocenters. The summed E-state index contributed by atoms with van der Waals surface area (Å²) in [7, 11) is 0. The van der Waals surface area contributed by atoms with Crippen LogP contribution in [0.25, 0.3) is 0 Å². The summed E-state index contributed by atoms with van der Waals surface area (Å²) >= 11 is 0. The maximum absolute atomic E-state index is 12.6. The lowest BCUT2D eigenvalue weighted by Gasteiger charge is -2.63. The van der Waals surface area contributed by atoms with Crippen LogP contribution >= 0.6 is 0 Å². The van der Waals surface area contributed by atoms with Gasteiger partial charge in [-0.2, -0.15) is 0 Å². The Balaban J connectivity index is 1.10. The number of rotatable bonds is 11. The van der Waals surface area contributed by atoms with E-state index in [1.807, 2.05) is 0 Å². The van der Waals surface area contributed by atoms with Crippen LogP contribution in [0.5, 0.6) is 0 Å². The molecule has 5 aliphatic rings. The zero-order valence-corrected chi connectivity index (χ0v) is 25.3. The van der Waals surface area contributed by atoms with Crippen molar-refractivity contribution in [3.05, 3.63) is 11.6 Å². The van der Waals surface area contributed by atoms with Gasteiger partial charge in [0.25, 0.3) is 0 Å². The molecule has 42 heavy (non-hydrogen) atoms. The second kappa shape index (κ2) is 12.3. The van der Waals surface area contributed by atoms with Gasteiger partial charge in [-0.15, -0.1) is 0 Å². The van der Waals surface area contributed by atoms with Gasteiger partial charge < -0.3 is 25.0 Å². The van der Waals surface area contributed by atoms with Gasteiger partial charge in [-0.05, 0) is 105 Å². The maximum Gasteiger partial charge on any atom is 0.331 e. The minimum Gasteiger partial charge on any atom is -0.481 e. The molecule has 3 N–H and O–H groups in total. The molecule has 5 rings (SSSR count). The highest BCUT2D eigenvalue weighted by Gasteiger charge is 2.67. The largest absolute Gasteiger partial charge is 0.481 e. The molecule has 0 radical (unpaired) electrons. The second-order valence-corrected chi connectivity index (χ2v) is 14.3. The van der Waals surface area contributed by atoms with E-state index in [0.717, 1.165) is 76.2 Å². The van der Waals surface area contributed by atoms with E-state index in [4.69, 9.17) is 14.6 Å². The average molecular weight is 588 g/mol. The summed E-state index contributed by atoms with van der Waals surface area (Å²) in [4.78, 5) is 47.0. The van der Waals surface area contributed by atoms with Crippen molar-refractivity contribution in [3.8, 4) is 0 Å². The summed E-state index contributed by atoms with van der Waals surface area (Å²) in [6, 6.07) is 0. The minimum atomic E-state index is -0.798. The van der Waals surface area contributed by atoms with Crippen molar-refractivity contribution >= 4 is 23.8 Å². The standard InChI is InChI=1S/C33H49NO8/c1-31-14-11-23(42-30(39)19-34-27(35)7-5-3-4-6-8-28(36)37)18-22(31)9-10-26-25(31)12-15-32(2)24(13-16-33(26,32)40)21-17-29(38)41-20-21/h17,22-26,40H,3-16,18-20H2,1-2H3,(H,34,35)(H,36,37)/t22-,23+,24-,25+,26-,31+,32-,33+/m1/s1. The zero-order chi connectivity index (χ0) is 30.1. The Morgan fingerprint density at radius 1 is 0.976 bits per heavy atom. The Morgan fingerprint density at radius 3 is 2.45 bits per heavy atom. The lowest BCUT2D eigenvalue weighted by atomic mass is 9.43. The van der Waals surface area contributed by atoms with E-state index in [0.29, 0.717) is 37.7 Å². The van der Waals surface area contributed by atoms with E-state index in [-0.39, 0.29) is 53.6 Å². The third kappa shape index (κ3) is 5.87. The monoisotopic (exact) mass is 587 g/mol. The molecular formula is C33H49NO8. The molecule has 0 unspecified atom stereocenters. The molecule has 9 nitrogen and oxygen atoms in total. The molecule has 4 fully saturated rings. The Bertz CT molecular complexity index is 1100. The molecular weight excluding hydrogens is 538 g/mol. The molecule has 4 saturated carbocycles. The number of aliphatic hydroxyl groups is 1. The molecule has 1 aliphatic heterocycles. The van der Waals surface area contributed by atoms with Gasteiger partial charge in [-0.1, -0.05) is 26.7 Å². The van der Waals surface area contributed by atoms with Crippen molar-refractivity contribution in [3.63, 3.8) is 0 Å². The number of cyclic esters (lactones) is 1. The van der Waals surface area contributed by atoms with Crippen LogP contribution in [-0.2, 0) is 28.7 Å². The van der Waals surface area contributed by atoms with E-state index in [2.05, 4.69) is 19.2 Å². The first-order valence-corrected chi connectivity index (χ1v) is 16.2. The molecule has 0 aromatic heterocycles. The van der Waals surface area contributed by atoms with Crippen molar-refractivity contribution in [2.75, 3.05) is 13.2 Å². The molecule has 1 amide bonds. The van der Waals surface area contributed by atoms with Crippen molar-refractivity contribution in [2.24, 2.45) is 34.5 Å². The van der Waals surface area contributed by atoms with Crippen LogP contribution in [0.15, 0.2) is 11.6 Å². The second-order valence-electron chi connectivity index (χ2n) is 14.3. The Kier molecular flexibility index (Phi) is 9.08. The number of ether oxygens (including phenoxy) is 2. The Hall–Kier alpha value is -2.42. The van der Waals surface area contributed by atoms with E-state index in [9.17, 15) is 24.3 Å². The van der Waals surface area contributed by atoms with Gasteiger partial charge in [0, 0.05) is 24.3 Å². The van der Waals surface area contributed by atoms with Gasteiger partial charge in [0.05, 0.1) is 5.60 Å². The fraction of sp³-hybridized carbons (Fsp3) is 0.818. The summed E-state index contributed by atoms with van der Waals surface area (Å²) in [6.07, 6.45) is 13.2. The SMILES string of the molecule is C[C@]12CC[C@H](OC(=O)CNC(=O)CCCCCCC(=O)O)C[C@H]1CC[C@@H]1[C@@H]2CC[C@]2(C)[C@@H](C3=CC(=O)OC3)CC[C@]12O. The topological polar surface area (TPSA) is 139 Å². The normalized spacial score (nSPS) is 38.9. The maximum atomic E-state index is 12.6. The summed E-state index contributed by atoms with van der Waals surface area (Å²) in [6.45, 7) is 4.89. The van der Waals surface area contributed by atoms with Crippen molar-refractivity contribution < 1.29 is 38.9 Å². The third-order valence-electron chi connectivity index (χ3n) is 12.2. The quantitative estimate of drug-likeness (QED) is 0.234. The molecule has 0 aromatic carbocycles.